The van der Waals surface area contributed by atoms with Crippen molar-refractivity contribution in [1.82, 2.24) is 10.6 Å². The van der Waals surface area contributed by atoms with Crippen molar-refractivity contribution in [1.29, 1.82) is 0 Å². The lowest BCUT2D eigenvalue weighted by atomic mass is 9.93. The molecule has 0 unspecified atom stereocenters. The van der Waals surface area contributed by atoms with E-state index in [1.807, 2.05) is 42.5 Å². The van der Waals surface area contributed by atoms with E-state index in [1.165, 1.54) is 0 Å². The van der Waals surface area contributed by atoms with Crippen molar-refractivity contribution in [3.05, 3.63) is 59.7 Å². The standard InChI is InChI=1S/C19H24N2O4/c1-19(13-22,15-7-5-4-6-8-15)21-18(23)20-12-14-9-10-16(24-2)17(11-14)25-3/h4-11,22H,12-13H2,1-3H3,(H2,20,21,23)/t19-/m1/s1. The van der Waals surface area contributed by atoms with Crippen LogP contribution in [-0.4, -0.2) is 32.0 Å². The van der Waals surface area contributed by atoms with Crippen LogP contribution in [0.4, 0.5) is 4.79 Å². The molecule has 1 atom stereocenters. The number of carbonyl (C=O) groups is 1. The van der Waals surface area contributed by atoms with Gasteiger partial charge in [0.15, 0.2) is 11.5 Å². The first kappa shape index (κ1) is 18.6. The highest BCUT2D eigenvalue weighted by atomic mass is 16.5. The van der Waals surface area contributed by atoms with Gasteiger partial charge in [0, 0.05) is 6.54 Å². The van der Waals surface area contributed by atoms with Gasteiger partial charge in [0.1, 0.15) is 0 Å². The second kappa shape index (κ2) is 8.39. The Bertz CT molecular complexity index is 706. The van der Waals surface area contributed by atoms with Crippen molar-refractivity contribution in [2.45, 2.75) is 19.0 Å². The molecule has 2 amide bonds. The Hall–Kier alpha value is -2.73. The van der Waals surface area contributed by atoms with Gasteiger partial charge in [0.25, 0.3) is 0 Å². The number of rotatable bonds is 7. The first-order valence-corrected chi connectivity index (χ1v) is 7.95. The lowest BCUT2D eigenvalue weighted by Crippen LogP contribution is -2.50. The first-order valence-electron chi connectivity index (χ1n) is 7.95. The van der Waals surface area contributed by atoms with Gasteiger partial charge in [-0.2, -0.15) is 0 Å². The van der Waals surface area contributed by atoms with Crippen LogP contribution in [-0.2, 0) is 12.1 Å². The fourth-order valence-electron chi connectivity index (χ4n) is 2.48. The van der Waals surface area contributed by atoms with Gasteiger partial charge in [-0.05, 0) is 30.2 Å². The summed E-state index contributed by atoms with van der Waals surface area (Å²) in [4.78, 5) is 12.3. The number of carbonyl (C=O) groups excluding carboxylic acids is 1. The molecule has 0 spiro atoms. The first-order chi connectivity index (χ1) is 12.0. The molecule has 0 aliphatic rings. The molecule has 25 heavy (non-hydrogen) atoms. The monoisotopic (exact) mass is 344 g/mol. The van der Waals surface area contributed by atoms with Crippen molar-refractivity contribution in [3.8, 4) is 11.5 Å². The second-order valence-corrected chi connectivity index (χ2v) is 5.85. The van der Waals surface area contributed by atoms with E-state index in [4.69, 9.17) is 9.47 Å². The smallest absolute Gasteiger partial charge is 0.315 e. The molecule has 0 bridgehead atoms. The van der Waals surface area contributed by atoms with E-state index in [0.717, 1.165) is 11.1 Å². The zero-order valence-corrected chi connectivity index (χ0v) is 14.7. The summed E-state index contributed by atoms with van der Waals surface area (Å²) in [7, 11) is 3.14. The van der Waals surface area contributed by atoms with E-state index in [1.54, 1.807) is 27.2 Å². The Labute approximate surface area is 147 Å². The molecule has 0 radical (unpaired) electrons. The van der Waals surface area contributed by atoms with Gasteiger partial charge >= 0.3 is 6.03 Å². The zero-order chi connectivity index (χ0) is 18.3. The molecule has 2 aromatic carbocycles. The van der Waals surface area contributed by atoms with Crippen molar-refractivity contribution in [3.63, 3.8) is 0 Å². The SMILES string of the molecule is COc1ccc(CNC(=O)N[C@](C)(CO)c2ccccc2)cc1OC. The molecular weight excluding hydrogens is 320 g/mol. The lowest BCUT2D eigenvalue weighted by Gasteiger charge is -2.29. The van der Waals surface area contributed by atoms with Crippen molar-refractivity contribution < 1.29 is 19.4 Å². The van der Waals surface area contributed by atoms with Gasteiger partial charge in [-0.3, -0.25) is 0 Å². The maximum atomic E-state index is 12.3. The molecule has 6 heteroatoms. The number of hydrogen-bond donors (Lipinski definition) is 3. The molecule has 0 aliphatic heterocycles. The van der Waals surface area contributed by atoms with Gasteiger partial charge in [0.05, 0.1) is 26.4 Å². The molecule has 0 fully saturated rings. The normalized spacial score (nSPS) is 12.8. The largest absolute Gasteiger partial charge is 0.493 e. The predicted molar refractivity (Wildman–Crippen MR) is 95.8 cm³/mol. The van der Waals surface area contributed by atoms with Crippen LogP contribution < -0.4 is 20.1 Å². The fourth-order valence-corrected chi connectivity index (χ4v) is 2.48. The Morgan fingerprint density at radius 1 is 1.08 bits per heavy atom. The topological polar surface area (TPSA) is 79.8 Å². The van der Waals surface area contributed by atoms with Crippen LogP contribution >= 0.6 is 0 Å². The average Bonchev–Trinajstić information content (AvgIpc) is 2.66. The van der Waals surface area contributed by atoms with E-state index in [0.29, 0.717) is 18.0 Å². The van der Waals surface area contributed by atoms with Crippen molar-refractivity contribution >= 4 is 6.03 Å². The summed E-state index contributed by atoms with van der Waals surface area (Å²) in [5, 5.41) is 15.3. The molecule has 0 saturated heterocycles. The summed E-state index contributed by atoms with van der Waals surface area (Å²) < 4.78 is 10.4. The number of aliphatic hydroxyl groups excluding tert-OH is 1. The summed E-state index contributed by atoms with van der Waals surface area (Å²) in [5.41, 5.74) is 0.847. The van der Waals surface area contributed by atoms with Crippen LogP contribution in [0.2, 0.25) is 0 Å². The zero-order valence-electron chi connectivity index (χ0n) is 14.7. The Kier molecular flexibility index (Phi) is 6.25. The molecule has 134 valence electrons. The number of benzene rings is 2. The Morgan fingerprint density at radius 3 is 2.36 bits per heavy atom. The molecule has 6 nitrogen and oxygen atoms in total. The van der Waals surface area contributed by atoms with Crippen LogP contribution in [0.15, 0.2) is 48.5 Å². The van der Waals surface area contributed by atoms with Crippen molar-refractivity contribution in [2.24, 2.45) is 0 Å². The molecule has 0 aromatic heterocycles. The number of urea groups is 1. The van der Waals surface area contributed by atoms with Gasteiger partial charge in [0.2, 0.25) is 0 Å². The number of nitrogens with one attached hydrogen (secondary N) is 2. The van der Waals surface area contributed by atoms with E-state index >= 15 is 0 Å². The number of ether oxygens (including phenoxy) is 2. The predicted octanol–water partition coefficient (Wildman–Crippen LogP) is 2.41. The summed E-state index contributed by atoms with van der Waals surface area (Å²) in [6, 6.07) is 14.4. The maximum absolute atomic E-state index is 12.3. The van der Waals surface area contributed by atoms with Crippen LogP contribution in [0, 0.1) is 0 Å². The highest BCUT2D eigenvalue weighted by molar-refractivity contribution is 5.75. The Balaban J connectivity index is 2.00. The minimum absolute atomic E-state index is 0.208. The number of aliphatic hydroxyl groups is 1. The van der Waals surface area contributed by atoms with Crippen molar-refractivity contribution in [2.75, 3.05) is 20.8 Å². The van der Waals surface area contributed by atoms with Crippen LogP contribution in [0.1, 0.15) is 18.1 Å². The lowest BCUT2D eigenvalue weighted by molar-refractivity contribution is 0.171. The number of methoxy groups -OCH3 is 2. The molecule has 2 aromatic rings. The third-order valence-corrected chi connectivity index (χ3v) is 4.02. The molecule has 0 heterocycles. The van der Waals surface area contributed by atoms with Gasteiger partial charge in [-0.15, -0.1) is 0 Å². The molecular formula is C19H24N2O4. The number of amides is 2. The molecule has 0 saturated carbocycles. The van der Waals surface area contributed by atoms with Gasteiger partial charge in [-0.25, -0.2) is 4.79 Å². The molecule has 3 N–H and O–H groups in total. The maximum Gasteiger partial charge on any atom is 0.315 e. The van der Waals surface area contributed by atoms with E-state index in [2.05, 4.69) is 10.6 Å². The van der Waals surface area contributed by atoms with Gasteiger partial charge in [-0.1, -0.05) is 36.4 Å². The minimum Gasteiger partial charge on any atom is -0.493 e. The van der Waals surface area contributed by atoms with E-state index < -0.39 is 5.54 Å². The minimum atomic E-state index is -0.858. The van der Waals surface area contributed by atoms with Gasteiger partial charge < -0.3 is 25.2 Å². The Morgan fingerprint density at radius 2 is 1.76 bits per heavy atom. The summed E-state index contributed by atoms with van der Waals surface area (Å²) in [6.45, 7) is 1.89. The third kappa shape index (κ3) is 4.64. The number of hydrogen-bond acceptors (Lipinski definition) is 4. The van der Waals surface area contributed by atoms with E-state index in [-0.39, 0.29) is 12.6 Å². The fraction of sp³-hybridized carbons (Fsp3) is 0.316. The molecule has 2 rings (SSSR count). The molecule has 0 aliphatic carbocycles. The summed E-state index contributed by atoms with van der Waals surface area (Å²) in [6.07, 6.45) is 0. The summed E-state index contributed by atoms with van der Waals surface area (Å²) in [5.74, 6) is 1.24. The average molecular weight is 344 g/mol. The van der Waals surface area contributed by atoms with Crippen LogP contribution in [0.5, 0.6) is 11.5 Å². The third-order valence-electron chi connectivity index (χ3n) is 4.02. The van der Waals surface area contributed by atoms with Crippen LogP contribution in [0.3, 0.4) is 0 Å². The highest BCUT2D eigenvalue weighted by Crippen LogP contribution is 2.27. The second-order valence-electron chi connectivity index (χ2n) is 5.85. The highest BCUT2D eigenvalue weighted by Gasteiger charge is 2.27. The quantitative estimate of drug-likeness (QED) is 0.721. The van der Waals surface area contributed by atoms with Crippen LogP contribution in [0.25, 0.3) is 0 Å². The van der Waals surface area contributed by atoms with E-state index in [9.17, 15) is 9.90 Å². The summed E-state index contributed by atoms with van der Waals surface area (Å²) >= 11 is 0.